The summed E-state index contributed by atoms with van der Waals surface area (Å²) in [6, 6.07) is 12.5. The van der Waals surface area contributed by atoms with Crippen LogP contribution in [0.15, 0.2) is 76.1 Å². The van der Waals surface area contributed by atoms with Gasteiger partial charge in [-0.2, -0.15) is 0 Å². The molecule has 0 spiro atoms. The third kappa shape index (κ3) is 3.36. The first-order chi connectivity index (χ1) is 13.6. The molecule has 4 rings (SSSR count). The van der Waals surface area contributed by atoms with Gasteiger partial charge in [-0.25, -0.2) is 9.97 Å². The van der Waals surface area contributed by atoms with Crippen LogP contribution in [0.4, 0.5) is 0 Å². The highest BCUT2D eigenvalue weighted by molar-refractivity contribution is 7.98. The van der Waals surface area contributed by atoms with E-state index in [9.17, 15) is 9.59 Å². The van der Waals surface area contributed by atoms with Crippen LogP contribution in [0.1, 0.15) is 11.3 Å². The number of allylic oxidation sites excluding steroid dienone is 1. The van der Waals surface area contributed by atoms with Gasteiger partial charge >= 0.3 is 0 Å². The Labute approximate surface area is 165 Å². The van der Waals surface area contributed by atoms with Crippen molar-refractivity contribution in [1.82, 2.24) is 18.9 Å². The summed E-state index contributed by atoms with van der Waals surface area (Å²) in [5.41, 5.74) is 2.71. The van der Waals surface area contributed by atoms with Crippen molar-refractivity contribution >= 4 is 28.3 Å². The molecule has 7 heteroatoms. The minimum atomic E-state index is -0.129. The highest BCUT2D eigenvalue weighted by atomic mass is 32.2. The molecule has 0 bridgehead atoms. The minimum Gasteiger partial charge on any atom is -0.283 e. The normalized spacial score (nSPS) is 11.2. The van der Waals surface area contributed by atoms with Crippen LogP contribution in [0.3, 0.4) is 0 Å². The van der Waals surface area contributed by atoms with Crippen LogP contribution in [0.25, 0.3) is 16.6 Å². The van der Waals surface area contributed by atoms with E-state index in [1.807, 2.05) is 37.3 Å². The molecule has 0 unspecified atom stereocenters. The summed E-state index contributed by atoms with van der Waals surface area (Å²) in [7, 11) is 0. The molecular formula is C21H18N4O2S. The number of pyridine rings is 1. The summed E-state index contributed by atoms with van der Waals surface area (Å²) in [5, 5.41) is 1.15. The number of rotatable bonds is 5. The Morgan fingerprint density at radius 3 is 2.79 bits per heavy atom. The summed E-state index contributed by atoms with van der Waals surface area (Å²) in [4.78, 5) is 34.4. The van der Waals surface area contributed by atoms with Crippen LogP contribution >= 0.6 is 11.8 Å². The van der Waals surface area contributed by atoms with E-state index in [0.717, 1.165) is 5.56 Å². The molecule has 3 heterocycles. The third-order valence-electron chi connectivity index (χ3n) is 4.36. The molecule has 0 amide bonds. The van der Waals surface area contributed by atoms with Crippen LogP contribution in [0.5, 0.6) is 0 Å². The van der Waals surface area contributed by atoms with Gasteiger partial charge < -0.3 is 0 Å². The van der Waals surface area contributed by atoms with E-state index < -0.39 is 0 Å². The van der Waals surface area contributed by atoms with Gasteiger partial charge in [0.25, 0.3) is 11.1 Å². The predicted octanol–water partition coefficient (Wildman–Crippen LogP) is 3.19. The zero-order chi connectivity index (χ0) is 19.7. The molecule has 0 aliphatic rings. The first kappa shape index (κ1) is 18.2. The summed E-state index contributed by atoms with van der Waals surface area (Å²) in [6.45, 7) is 6.06. The van der Waals surface area contributed by atoms with Gasteiger partial charge in [0.1, 0.15) is 5.65 Å². The Kier molecular flexibility index (Phi) is 4.83. The molecule has 0 atom stereocenters. The van der Waals surface area contributed by atoms with Gasteiger partial charge in [-0.3, -0.25) is 18.6 Å². The van der Waals surface area contributed by atoms with Crippen molar-refractivity contribution < 1.29 is 0 Å². The number of nitrogens with zero attached hydrogens (tertiary/aromatic N) is 4. The zero-order valence-electron chi connectivity index (χ0n) is 15.3. The van der Waals surface area contributed by atoms with E-state index in [0.29, 0.717) is 39.7 Å². The summed E-state index contributed by atoms with van der Waals surface area (Å²) < 4.78 is 3.11. The molecule has 0 saturated carbocycles. The Morgan fingerprint density at radius 2 is 1.96 bits per heavy atom. The average molecular weight is 390 g/mol. The van der Waals surface area contributed by atoms with Crippen LogP contribution < -0.4 is 11.1 Å². The lowest BCUT2D eigenvalue weighted by atomic mass is 10.2. The second-order valence-corrected chi connectivity index (χ2v) is 7.37. The van der Waals surface area contributed by atoms with Crippen LogP contribution in [-0.4, -0.2) is 18.9 Å². The fraction of sp³-hybridized carbons (Fsp3) is 0.143. The number of fused-ring (bicyclic) bond motifs is 2. The fourth-order valence-corrected chi connectivity index (χ4v) is 3.92. The van der Waals surface area contributed by atoms with Crippen molar-refractivity contribution in [2.75, 3.05) is 0 Å². The average Bonchev–Trinajstić information content (AvgIpc) is 2.68. The van der Waals surface area contributed by atoms with E-state index in [-0.39, 0.29) is 11.1 Å². The van der Waals surface area contributed by atoms with E-state index >= 15 is 0 Å². The van der Waals surface area contributed by atoms with Gasteiger partial charge in [0.15, 0.2) is 5.16 Å². The van der Waals surface area contributed by atoms with E-state index in [4.69, 9.17) is 0 Å². The lowest BCUT2D eigenvalue weighted by Crippen LogP contribution is -2.22. The van der Waals surface area contributed by atoms with Crippen molar-refractivity contribution in [3.63, 3.8) is 0 Å². The molecule has 28 heavy (non-hydrogen) atoms. The number of aromatic nitrogens is 4. The lowest BCUT2D eigenvalue weighted by Gasteiger charge is -2.11. The molecule has 140 valence electrons. The third-order valence-corrected chi connectivity index (χ3v) is 5.37. The molecule has 0 saturated heterocycles. The standard InChI is InChI=1S/C21H18N4O2S/c1-3-9-25-20(27)16-6-4-5-7-17(16)23-21(25)28-13-15-12-19(26)24-10-8-14(2)11-18(24)22-15/h3-8,10-12H,1,9,13H2,2H3. The topological polar surface area (TPSA) is 69.3 Å². The number of hydrogen-bond donors (Lipinski definition) is 0. The molecule has 0 N–H and O–H groups in total. The molecule has 4 aromatic rings. The fourth-order valence-electron chi connectivity index (χ4n) is 3.01. The highest BCUT2D eigenvalue weighted by Gasteiger charge is 2.12. The summed E-state index contributed by atoms with van der Waals surface area (Å²) in [5.74, 6) is 0.432. The Bertz CT molecular complexity index is 1320. The maximum absolute atomic E-state index is 12.8. The van der Waals surface area contributed by atoms with E-state index in [1.165, 1.54) is 22.2 Å². The number of aryl methyl sites for hydroxylation is 1. The largest absolute Gasteiger partial charge is 0.283 e. The van der Waals surface area contributed by atoms with Crippen LogP contribution in [0, 0.1) is 6.92 Å². The van der Waals surface area contributed by atoms with Gasteiger partial charge in [-0.1, -0.05) is 30.0 Å². The lowest BCUT2D eigenvalue weighted by molar-refractivity contribution is 0.671. The molecule has 3 aromatic heterocycles. The number of hydrogen-bond acceptors (Lipinski definition) is 5. The van der Waals surface area contributed by atoms with Crippen molar-refractivity contribution in [1.29, 1.82) is 0 Å². The Hall–Kier alpha value is -3.19. The van der Waals surface area contributed by atoms with Crippen molar-refractivity contribution in [3.8, 4) is 0 Å². The van der Waals surface area contributed by atoms with Crippen LogP contribution in [0.2, 0.25) is 0 Å². The monoisotopic (exact) mass is 390 g/mol. The molecule has 0 aliphatic heterocycles. The highest BCUT2D eigenvalue weighted by Crippen LogP contribution is 2.21. The quantitative estimate of drug-likeness (QED) is 0.297. The van der Waals surface area contributed by atoms with Crippen molar-refractivity contribution in [2.24, 2.45) is 0 Å². The summed E-state index contributed by atoms with van der Waals surface area (Å²) >= 11 is 1.38. The van der Waals surface area contributed by atoms with Gasteiger partial charge in [0.2, 0.25) is 0 Å². The number of benzene rings is 1. The van der Waals surface area contributed by atoms with Gasteiger partial charge in [0, 0.05) is 24.6 Å². The molecule has 6 nitrogen and oxygen atoms in total. The maximum atomic E-state index is 12.8. The molecule has 0 fully saturated rings. The SMILES string of the molecule is C=CCn1c(SCc2cc(=O)n3ccc(C)cc3n2)nc2ccccc2c1=O. The Balaban J connectivity index is 1.73. The zero-order valence-corrected chi connectivity index (χ0v) is 16.1. The first-order valence-electron chi connectivity index (χ1n) is 8.79. The van der Waals surface area contributed by atoms with Gasteiger partial charge in [-0.15, -0.1) is 6.58 Å². The second kappa shape index (κ2) is 7.44. The van der Waals surface area contributed by atoms with Crippen molar-refractivity contribution in [2.45, 2.75) is 24.4 Å². The number of para-hydroxylation sites is 1. The molecule has 0 aliphatic carbocycles. The molecular weight excluding hydrogens is 372 g/mol. The Morgan fingerprint density at radius 1 is 1.14 bits per heavy atom. The molecule has 0 radical (unpaired) electrons. The summed E-state index contributed by atoms with van der Waals surface area (Å²) in [6.07, 6.45) is 3.40. The maximum Gasteiger partial charge on any atom is 0.262 e. The van der Waals surface area contributed by atoms with E-state index in [2.05, 4.69) is 16.5 Å². The van der Waals surface area contributed by atoms with Gasteiger partial charge in [-0.05, 0) is 36.8 Å². The minimum absolute atomic E-state index is 0.102. The smallest absolute Gasteiger partial charge is 0.262 e. The van der Waals surface area contributed by atoms with E-state index in [1.54, 1.807) is 22.9 Å². The first-order valence-corrected chi connectivity index (χ1v) is 9.77. The van der Waals surface area contributed by atoms with Crippen LogP contribution in [-0.2, 0) is 12.3 Å². The molecule has 1 aromatic carbocycles. The van der Waals surface area contributed by atoms with Gasteiger partial charge in [0.05, 0.1) is 16.6 Å². The number of thioether (sulfide) groups is 1. The predicted molar refractivity (Wildman–Crippen MR) is 112 cm³/mol. The van der Waals surface area contributed by atoms with Crippen molar-refractivity contribution in [3.05, 3.63) is 93.3 Å². The second-order valence-electron chi connectivity index (χ2n) is 6.42.